The first-order valence-electron chi connectivity index (χ1n) is 20.5. The summed E-state index contributed by atoms with van der Waals surface area (Å²) in [4.78, 5) is 42.8. The predicted molar refractivity (Wildman–Crippen MR) is 217 cm³/mol. The molecule has 0 amide bonds. The molecule has 0 spiro atoms. The molecule has 0 aliphatic heterocycles. The van der Waals surface area contributed by atoms with Gasteiger partial charge in [0.2, 0.25) is 0 Å². The Hall–Kier alpha value is -2.29. The van der Waals surface area contributed by atoms with Crippen molar-refractivity contribution < 1.29 is 43.0 Å². The molecule has 0 aromatic rings. The number of aliphatic hydroxyl groups is 1. The summed E-state index contributed by atoms with van der Waals surface area (Å²) in [6.45, 7) is 5.79. The van der Waals surface area contributed by atoms with Crippen LogP contribution in [-0.4, -0.2) is 52.3 Å². The first-order valence-corrected chi connectivity index (χ1v) is 22.1. The molecule has 0 aromatic heterocycles. The van der Waals surface area contributed by atoms with E-state index in [1.165, 1.54) is 70.6 Å². The summed E-state index contributed by atoms with van der Waals surface area (Å²) in [6, 6.07) is 0. The number of hydrogen-bond acceptors (Lipinski definition) is 7. The number of allylic oxidation sites excluding steroid dienone is 8. The maximum Gasteiger partial charge on any atom is 0.469 e. The van der Waals surface area contributed by atoms with Gasteiger partial charge in [-0.05, 0) is 50.9 Å². The number of phosphoric ester groups is 1. The van der Waals surface area contributed by atoms with E-state index >= 15 is 0 Å². The highest BCUT2D eigenvalue weighted by molar-refractivity contribution is 7.46. The van der Waals surface area contributed by atoms with Crippen molar-refractivity contribution in [2.24, 2.45) is 5.92 Å². The van der Waals surface area contributed by atoms with Crippen LogP contribution in [0.1, 0.15) is 168 Å². The van der Waals surface area contributed by atoms with Gasteiger partial charge in [0.05, 0.1) is 12.7 Å². The minimum Gasteiger partial charge on any atom is -0.462 e. The quantitative estimate of drug-likeness (QED) is 0.0187. The van der Waals surface area contributed by atoms with Crippen LogP contribution in [0.3, 0.4) is 0 Å². The highest BCUT2D eigenvalue weighted by Gasteiger charge is 2.22. The van der Waals surface area contributed by atoms with Gasteiger partial charge < -0.3 is 24.4 Å². The van der Waals surface area contributed by atoms with Crippen molar-refractivity contribution in [2.75, 3.05) is 13.2 Å². The Morgan fingerprint density at radius 1 is 0.642 bits per heavy atom. The molecule has 0 aromatic carbocycles. The summed E-state index contributed by atoms with van der Waals surface area (Å²) in [5.41, 5.74) is 0. The van der Waals surface area contributed by atoms with Gasteiger partial charge in [0.25, 0.3) is 0 Å². The van der Waals surface area contributed by atoms with Crippen molar-refractivity contribution in [1.82, 2.24) is 0 Å². The average molecular weight is 767 g/mol. The fourth-order valence-corrected chi connectivity index (χ4v) is 5.86. The molecule has 0 bridgehead atoms. The van der Waals surface area contributed by atoms with Crippen LogP contribution in [0.5, 0.6) is 0 Å². The molecule has 306 valence electrons. The van der Waals surface area contributed by atoms with Crippen LogP contribution in [0.4, 0.5) is 0 Å². The van der Waals surface area contributed by atoms with Crippen LogP contribution in [-0.2, 0) is 28.2 Å². The molecule has 0 fully saturated rings. The van der Waals surface area contributed by atoms with Crippen molar-refractivity contribution in [3.63, 3.8) is 0 Å². The van der Waals surface area contributed by atoms with Gasteiger partial charge in [-0.3, -0.25) is 14.1 Å². The number of phosphoric acid groups is 1. The Morgan fingerprint density at radius 2 is 1.19 bits per heavy atom. The number of unbranched alkanes of at least 4 members (excludes halogenated alkanes) is 14. The summed E-state index contributed by atoms with van der Waals surface area (Å²) in [6.07, 6.45) is 41.2. The predicted octanol–water partition coefficient (Wildman–Crippen LogP) is 11.3. The van der Waals surface area contributed by atoms with E-state index < -0.39 is 38.6 Å². The number of aliphatic hydroxyl groups excluding tert-OH is 1. The van der Waals surface area contributed by atoms with Gasteiger partial charge in [-0.25, -0.2) is 4.57 Å². The first-order chi connectivity index (χ1) is 25.5. The number of carbonyl (C=O) groups is 2. The fourth-order valence-electron chi connectivity index (χ4n) is 5.50. The third-order valence-electron chi connectivity index (χ3n) is 8.56. The molecule has 0 saturated carbocycles. The standard InChI is InChI=1S/C43H75O9P/c1-4-5-6-7-23-28-33-40(44)34-29-24-19-16-17-21-26-31-36-43(46)52-41(38-51-53(47,48)49)37-50-42(45)35-30-25-20-15-13-11-9-8-10-12-14-18-22-27-32-39(2)3/h5-6,17,19,21,23-24,28-29,34,39-41,44H,4,7-16,18,20,22,25-27,30-33,35-38H2,1-3H3,(H2,47,48,49)/b6-5-,21-17-,24-19-,28-23-,34-29+/t40?,41-/m1/s1. The van der Waals surface area contributed by atoms with Crippen LogP contribution in [0.2, 0.25) is 0 Å². The number of carbonyl (C=O) groups excluding carboxylic acids is 2. The molecule has 53 heavy (non-hydrogen) atoms. The van der Waals surface area contributed by atoms with Crippen LogP contribution >= 0.6 is 7.82 Å². The monoisotopic (exact) mass is 767 g/mol. The molecule has 0 saturated heterocycles. The molecule has 0 rings (SSSR count). The van der Waals surface area contributed by atoms with Gasteiger partial charge in [-0.2, -0.15) is 0 Å². The first kappa shape index (κ1) is 50.7. The molecule has 1 unspecified atom stereocenters. The summed E-state index contributed by atoms with van der Waals surface area (Å²) in [7, 11) is -4.79. The number of hydrogen-bond donors (Lipinski definition) is 3. The normalized spacial score (nSPS) is 13.8. The van der Waals surface area contributed by atoms with Gasteiger partial charge >= 0.3 is 19.8 Å². The van der Waals surface area contributed by atoms with E-state index in [4.69, 9.17) is 19.3 Å². The lowest BCUT2D eigenvalue weighted by Gasteiger charge is -2.18. The van der Waals surface area contributed by atoms with E-state index in [2.05, 4.69) is 37.4 Å². The Kier molecular flexibility index (Phi) is 35.1. The van der Waals surface area contributed by atoms with Gasteiger partial charge in [0, 0.05) is 12.8 Å². The lowest BCUT2D eigenvalue weighted by Crippen LogP contribution is -2.29. The lowest BCUT2D eigenvalue weighted by molar-refractivity contribution is -0.161. The molecular weight excluding hydrogens is 691 g/mol. The van der Waals surface area contributed by atoms with Crippen molar-refractivity contribution in [1.29, 1.82) is 0 Å². The van der Waals surface area contributed by atoms with Gasteiger partial charge in [0.1, 0.15) is 6.61 Å². The molecular formula is C43H75O9P. The second-order valence-electron chi connectivity index (χ2n) is 14.3. The van der Waals surface area contributed by atoms with Crippen LogP contribution in [0, 0.1) is 5.92 Å². The molecule has 0 radical (unpaired) electrons. The van der Waals surface area contributed by atoms with E-state index in [1.54, 1.807) is 6.08 Å². The largest absolute Gasteiger partial charge is 0.469 e. The lowest BCUT2D eigenvalue weighted by atomic mass is 10.0. The van der Waals surface area contributed by atoms with Crippen molar-refractivity contribution in [3.8, 4) is 0 Å². The van der Waals surface area contributed by atoms with E-state index in [-0.39, 0.29) is 19.4 Å². The molecule has 0 heterocycles. The summed E-state index contributed by atoms with van der Waals surface area (Å²) in [5.74, 6) is -0.168. The van der Waals surface area contributed by atoms with Crippen molar-refractivity contribution in [2.45, 2.75) is 181 Å². The number of ether oxygens (including phenoxy) is 2. The third kappa shape index (κ3) is 40.7. The van der Waals surface area contributed by atoms with Crippen LogP contribution in [0.25, 0.3) is 0 Å². The van der Waals surface area contributed by atoms with E-state index in [1.807, 2.05) is 42.5 Å². The maximum atomic E-state index is 12.4. The number of rotatable bonds is 36. The smallest absolute Gasteiger partial charge is 0.462 e. The van der Waals surface area contributed by atoms with Gasteiger partial charge in [-0.15, -0.1) is 0 Å². The Balaban J connectivity index is 4.08. The maximum absolute atomic E-state index is 12.4. The van der Waals surface area contributed by atoms with E-state index in [0.29, 0.717) is 32.1 Å². The minimum atomic E-state index is -4.79. The molecule has 10 heteroatoms. The van der Waals surface area contributed by atoms with Crippen molar-refractivity contribution >= 4 is 19.8 Å². The highest BCUT2D eigenvalue weighted by Crippen LogP contribution is 2.36. The summed E-state index contributed by atoms with van der Waals surface area (Å²) < 4.78 is 26.3. The molecule has 2 atom stereocenters. The van der Waals surface area contributed by atoms with Gasteiger partial charge in [0.15, 0.2) is 6.10 Å². The minimum absolute atomic E-state index is 0.100. The summed E-state index contributed by atoms with van der Waals surface area (Å²) in [5, 5.41) is 9.98. The number of esters is 2. The Bertz CT molecular complexity index is 1070. The molecule has 0 aliphatic carbocycles. The Morgan fingerprint density at radius 3 is 1.79 bits per heavy atom. The zero-order chi connectivity index (χ0) is 39.3. The highest BCUT2D eigenvalue weighted by atomic mass is 31.2. The van der Waals surface area contributed by atoms with E-state index in [0.717, 1.165) is 38.0 Å². The fraction of sp³-hybridized carbons (Fsp3) is 0.721. The topological polar surface area (TPSA) is 140 Å². The zero-order valence-corrected chi connectivity index (χ0v) is 34.3. The molecule has 9 nitrogen and oxygen atoms in total. The second-order valence-corrected chi connectivity index (χ2v) is 15.5. The summed E-state index contributed by atoms with van der Waals surface area (Å²) >= 11 is 0. The molecule has 0 aliphatic rings. The van der Waals surface area contributed by atoms with Crippen molar-refractivity contribution in [3.05, 3.63) is 60.8 Å². The van der Waals surface area contributed by atoms with Crippen LogP contribution < -0.4 is 0 Å². The van der Waals surface area contributed by atoms with Crippen LogP contribution in [0.15, 0.2) is 60.8 Å². The molecule has 3 N–H and O–H groups in total. The van der Waals surface area contributed by atoms with Gasteiger partial charge in [-0.1, -0.05) is 171 Å². The second kappa shape index (κ2) is 36.7. The SMILES string of the molecule is CC/C=C\C/C=C\CC(O)/C=C/C=C\C/C=C\CCCC(=O)O[C@H](COC(=O)CCCCCCCCCCCCCCCCC(C)C)COP(=O)(O)O. The van der Waals surface area contributed by atoms with E-state index in [9.17, 15) is 19.3 Å². The zero-order valence-electron chi connectivity index (χ0n) is 33.4. The third-order valence-corrected chi connectivity index (χ3v) is 9.04. The average Bonchev–Trinajstić information content (AvgIpc) is 3.11. The Labute approximate surface area is 322 Å².